The van der Waals surface area contributed by atoms with Crippen molar-refractivity contribution < 1.29 is 80.2 Å². The number of ether oxygens (including phenoxy) is 4. The normalized spacial score (nSPS) is 14.0. The molecule has 0 fully saturated rings. The van der Waals surface area contributed by atoms with Gasteiger partial charge in [-0.3, -0.25) is 37.3 Å². The summed E-state index contributed by atoms with van der Waals surface area (Å²) in [5, 5.41) is 10.6. The van der Waals surface area contributed by atoms with Gasteiger partial charge in [-0.1, -0.05) is 330 Å². The Kier molecular flexibility index (Phi) is 64.9. The van der Waals surface area contributed by atoms with E-state index in [1.807, 2.05) is 0 Å². The molecule has 19 heteroatoms. The third kappa shape index (κ3) is 66.7. The minimum absolute atomic E-state index is 0.108. The van der Waals surface area contributed by atoms with Crippen LogP contribution in [0.1, 0.15) is 381 Å². The number of esters is 4. The summed E-state index contributed by atoms with van der Waals surface area (Å²) >= 11 is 0. The van der Waals surface area contributed by atoms with Crippen LogP contribution in [-0.2, 0) is 65.4 Å². The summed E-state index contributed by atoms with van der Waals surface area (Å²) in [5.74, 6) is -1.33. The zero-order chi connectivity index (χ0) is 67.7. The zero-order valence-electron chi connectivity index (χ0n) is 59.7. The summed E-state index contributed by atoms with van der Waals surface area (Å²) in [7, 11) is -9.90. The van der Waals surface area contributed by atoms with Crippen LogP contribution in [0.4, 0.5) is 0 Å². The summed E-state index contributed by atoms with van der Waals surface area (Å²) in [6.07, 6.45) is 54.0. The Morgan fingerprint density at radius 2 is 0.500 bits per heavy atom. The number of carbonyl (C=O) groups excluding carboxylic acids is 4. The summed E-state index contributed by atoms with van der Waals surface area (Å²) in [6.45, 7) is 7.27. The van der Waals surface area contributed by atoms with Crippen LogP contribution in [0.2, 0.25) is 0 Å². The lowest BCUT2D eigenvalue weighted by molar-refractivity contribution is -0.161. The van der Waals surface area contributed by atoms with Crippen LogP contribution in [0.15, 0.2) is 0 Å². The lowest BCUT2D eigenvalue weighted by Crippen LogP contribution is -2.30. The molecule has 0 aliphatic heterocycles. The van der Waals surface area contributed by atoms with E-state index in [4.69, 9.17) is 37.0 Å². The molecule has 5 atom stereocenters. The van der Waals surface area contributed by atoms with Gasteiger partial charge in [-0.25, -0.2) is 9.13 Å². The van der Waals surface area contributed by atoms with Crippen LogP contribution in [0.5, 0.6) is 0 Å². The molecule has 3 N–H and O–H groups in total. The van der Waals surface area contributed by atoms with E-state index in [2.05, 4.69) is 34.6 Å². The van der Waals surface area contributed by atoms with Gasteiger partial charge < -0.3 is 33.8 Å². The molecule has 0 bridgehead atoms. The monoisotopic (exact) mass is 1350 g/mol. The molecule has 0 radical (unpaired) electrons. The number of carbonyl (C=O) groups is 4. The van der Waals surface area contributed by atoms with Crippen LogP contribution in [-0.4, -0.2) is 96.7 Å². The van der Waals surface area contributed by atoms with Crippen molar-refractivity contribution in [3.05, 3.63) is 0 Å². The number of rotatable bonds is 73. The molecule has 0 aromatic carbocycles. The standard InChI is InChI=1S/C73H142O17P2/c1-6-9-12-15-18-21-23-25-26-30-33-37-42-47-52-57-71(76)84-63-69(90-73(78)59-54-49-44-39-35-31-27-29-32-36-40-45-50-55-66(4)5)65-88-92(81,82)86-61-67(74)60-85-91(79,80)87-64-68(62-83-70(75)56-51-46-41-20-17-14-11-8-3)89-72(77)58-53-48-43-38-34-28-24-22-19-16-13-10-7-2/h66-69,74H,6-65H2,1-5H3,(H,79,80)(H,81,82)/t67-,68+,69+/m0/s1. The molecule has 92 heavy (non-hydrogen) atoms. The molecule has 0 saturated carbocycles. The van der Waals surface area contributed by atoms with Crippen molar-refractivity contribution in [1.29, 1.82) is 0 Å². The molecule has 0 spiro atoms. The minimum Gasteiger partial charge on any atom is -0.462 e. The number of hydrogen-bond donors (Lipinski definition) is 3. The average Bonchev–Trinajstić information content (AvgIpc) is 3.55. The smallest absolute Gasteiger partial charge is 0.462 e. The molecule has 17 nitrogen and oxygen atoms in total. The fourth-order valence-electron chi connectivity index (χ4n) is 11.2. The Hall–Kier alpha value is -1.94. The minimum atomic E-state index is -4.95. The maximum atomic E-state index is 13.1. The van der Waals surface area contributed by atoms with Gasteiger partial charge in [0.05, 0.1) is 26.4 Å². The molecule has 0 amide bonds. The second-order valence-electron chi connectivity index (χ2n) is 26.8. The van der Waals surface area contributed by atoms with Crippen molar-refractivity contribution in [1.82, 2.24) is 0 Å². The van der Waals surface area contributed by atoms with E-state index in [1.165, 1.54) is 199 Å². The van der Waals surface area contributed by atoms with Gasteiger partial charge in [0.15, 0.2) is 12.2 Å². The van der Waals surface area contributed by atoms with Crippen LogP contribution >= 0.6 is 15.6 Å². The summed E-state index contributed by atoms with van der Waals surface area (Å²) in [4.78, 5) is 72.6. The van der Waals surface area contributed by atoms with E-state index in [-0.39, 0.29) is 25.7 Å². The van der Waals surface area contributed by atoms with Crippen LogP contribution < -0.4 is 0 Å². The Morgan fingerprint density at radius 3 is 0.739 bits per heavy atom. The number of phosphoric acid groups is 2. The Balaban J connectivity index is 5.22. The molecule has 0 saturated heterocycles. The van der Waals surface area contributed by atoms with Crippen LogP contribution in [0.25, 0.3) is 0 Å². The van der Waals surface area contributed by atoms with Crippen molar-refractivity contribution in [3.63, 3.8) is 0 Å². The molecule has 0 aromatic rings. The fourth-order valence-corrected chi connectivity index (χ4v) is 12.8. The molecule has 0 aliphatic carbocycles. The zero-order valence-corrected chi connectivity index (χ0v) is 61.5. The van der Waals surface area contributed by atoms with Gasteiger partial charge in [-0.15, -0.1) is 0 Å². The molecule has 546 valence electrons. The van der Waals surface area contributed by atoms with Gasteiger partial charge in [0.2, 0.25) is 0 Å². The summed E-state index contributed by atoms with van der Waals surface area (Å²) < 4.78 is 68.4. The fraction of sp³-hybridized carbons (Fsp3) is 0.945. The van der Waals surface area contributed by atoms with Crippen molar-refractivity contribution in [2.75, 3.05) is 39.6 Å². The highest BCUT2D eigenvalue weighted by Crippen LogP contribution is 2.45. The molecule has 0 rings (SSSR count). The molecule has 0 heterocycles. The van der Waals surface area contributed by atoms with E-state index in [0.717, 1.165) is 102 Å². The molecule has 2 unspecified atom stereocenters. The highest BCUT2D eigenvalue weighted by molar-refractivity contribution is 7.47. The van der Waals surface area contributed by atoms with Gasteiger partial charge in [0, 0.05) is 25.7 Å². The number of aliphatic hydroxyl groups is 1. The predicted molar refractivity (Wildman–Crippen MR) is 372 cm³/mol. The highest BCUT2D eigenvalue weighted by atomic mass is 31.2. The molecule has 0 aromatic heterocycles. The maximum absolute atomic E-state index is 13.1. The second-order valence-corrected chi connectivity index (χ2v) is 29.7. The number of unbranched alkanes of at least 4 members (excludes halogenated alkanes) is 45. The molecular formula is C73H142O17P2. The summed E-state index contributed by atoms with van der Waals surface area (Å²) in [6, 6.07) is 0. The number of phosphoric ester groups is 2. The highest BCUT2D eigenvalue weighted by Gasteiger charge is 2.30. The first-order valence-electron chi connectivity index (χ1n) is 38.1. The Labute approximate surface area is 562 Å². The lowest BCUT2D eigenvalue weighted by atomic mass is 10.0. The second kappa shape index (κ2) is 66.3. The van der Waals surface area contributed by atoms with Gasteiger partial charge in [-0.05, 0) is 31.6 Å². The topological polar surface area (TPSA) is 237 Å². The van der Waals surface area contributed by atoms with Crippen LogP contribution in [0.3, 0.4) is 0 Å². The van der Waals surface area contributed by atoms with Crippen molar-refractivity contribution in [3.8, 4) is 0 Å². The predicted octanol–water partition coefficient (Wildman–Crippen LogP) is 21.3. The molecule has 0 aliphatic rings. The van der Waals surface area contributed by atoms with Crippen molar-refractivity contribution in [2.24, 2.45) is 5.92 Å². The van der Waals surface area contributed by atoms with E-state index in [1.54, 1.807) is 0 Å². The van der Waals surface area contributed by atoms with Gasteiger partial charge in [0.1, 0.15) is 19.3 Å². The van der Waals surface area contributed by atoms with Crippen molar-refractivity contribution in [2.45, 2.75) is 400 Å². The number of aliphatic hydroxyl groups excluding tert-OH is 1. The van der Waals surface area contributed by atoms with Crippen LogP contribution in [0, 0.1) is 5.92 Å². The van der Waals surface area contributed by atoms with E-state index in [9.17, 15) is 43.2 Å². The van der Waals surface area contributed by atoms with Gasteiger partial charge in [0.25, 0.3) is 0 Å². The third-order valence-corrected chi connectivity index (χ3v) is 18.9. The maximum Gasteiger partial charge on any atom is 0.472 e. The third-order valence-electron chi connectivity index (χ3n) is 17.0. The largest absolute Gasteiger partial charge is 0.472 e. The quantitative estimate of drug-likeness (QED) is 0.0222. The Morgan fingerprint density at radius 1 is 0.293 bits per heavy atom. The van der Waals surface area contributed by atoms with E-state index < -0.39 is 97.5 Å². The first-order chi connectivity index (χ1) is 44.5. The first-order valence-corrected chi connectivity index (χ1v) is 41.1. The van der Waals surface area contributed by atoms with E-state index in [0.29, 0.717) is 25.7 Å². The SMILES string of the molecule is CCCCCCCCCCCCCCCCCC(=O)OC[C@H](COP(=O)(O)OC[C@@H](O)COP(=O)(O)OC[C@@H](COC(=O)CCCCCCCCCC)OC(=O)CCCCCCCCCCCCCCC)OC(=O)CCCCCCCCCCCCCCCC(C)C. The molecular weight excluding hydrogens is 1210 g/mol. The Bertz CT molecular complexity index is 1770. The first kappa shape index (κ1) is 90.1. The van der Waals surface area contributed by atoms with Crippen molar-refractivity contribution >= 4 is 39.5 Å². The van der Waals surface area contributed by atoms with E-state index >= 15 is 0 Å². The average molecular weight is 1350 g/mol. The lowest BCUT2D eigenvalue weighted by Gasteiger charge is -2.21. The summed E-state index contributed by atoms with van der Waals surface area (Å²) in [5.41, 5.74) is 0. The number of hydrogen-bond acceptors (Lipinski definition) is 15. The van der Waals surface area contributed by atoms with Gasteiger partial charge >= 0.3 is 39.5 Å². The van der Waals surface area contributed by atoms with Gasteiger partial charge in [-0.2, -0.15) is 0 Å².